The van der Waals surface area contributed by atoms with Crippen LogP contribution in [0.25, 0.3) is 0 Å². The molecule has 0 amide bonds. The first-order valence-corrected chi connectivity index (χ1v) is 8.32. The van der Waals surface area contributed by atoms with E-state index in [9.17, 15) is 0 Å². The molecular formula is C18H23BrN2. The minimum absolute atomic E-state index is 0.917. The van der Waals surface area contributed by atoms with Gasteiger partial charge in [0.25, 0.3) is 0 Å². The van der Waals surface area contributed by atoms with Crippen LogP contribution in [0.1, 0.15) is 25.0 Å². The van der Waals surface area contributed by atoms with Crippen LogP contribution in [-0.2, 0) is 13.1 Å². The van der Waals surface area contributed by atoms with E-state index in [1.807, 2.05) is 0 Å². The molecule has 0 saturated heterocycles. The summed E-state index contributed by atoms with van der Waals surface area (Å²) in [6.07, 6.45) is 0. The van der Waals surface area contributed by atoms with E-state index in [2.05, 4.69) is 88.5 Å². The molecule has 0 saturated carbocycles. The van der Waals surface area contributed by atoms with Gasteiger partial charge in [-0.1, -0.05) is 43.3 Å². The first kappa shape index (κ1) is 16.1. The largest absolute Gasteiger partial charge is 0.367 e. The van der Waals surface area contributed by atoms with Crippen molar-refractivity contribution in [3.05, 3.63) is 64.1 Å². The molecule has 0 aliphatic carbocycles. The van der Waals surface area contributed by atoms with E-state index < -0.39 is 0 Å². The van der Waals surface area contributed by atoms with Crippen molar-refractivity contribution < 1.29 is 0 Å². The lowest BCUT2D eigenvalue weighted by molar-refractivity contribution is 0.726. The molecule has 2 aromatic rings. The highest BCUT2D eigenvalue weighted by Gasteiger charge is 2.09. The Hall–Kier alpha value is -1.32. The second-order valence-corrected chi connectivity index (χ2v) is 5.92. The normalized spacial score (nSPS) is 10.6. The Morgan fingerprint density at radius 2 is 1.76 bits per heavy atom. The molecule has 0 aliphatic heterocycles. The highest BCUT2D eigenvalue weighted by molar-refractivity contribution is 9.10. The number of rotatable bonds is 7. The molecule has 21 heavy (non-hydrogen) atoms. The van der Waals surface area contributed by atoms with Gasteiger partial charge >= 0.3 is 0 Å². The quantitative estimate of drug-likeness (QED) is 0.788. The predicted molar refractivity (Wildman–Crippen MR) is 94.7 cm³/mol. The molecule has 2 nitrogen and oxygen atoms in total. The van der Waals surface area contributed by atoms with E-state index in [-0.39, 0.29) is 0 Å². The van der Waals surface area contributed by atoms with Crippen LogP contribution < -0.4 is 10.2 Å². The van der Waals surface area contributed by atoms with E-state index >= 15 is 0 Å². The Balaban J connectivity index is 2.14. The fourth-order valence-corrected chi connectivity index (χ4v) is 3.03. The summed E-state index contributed by atoms with van der Waals surface area (Å²) < 4.78 is 1.16. The molecule has 112 valence electrons. The van der Waals surface area contributed by atoms with Crippen molar-refractivity contribution in [3.63, 3.8) is 0 Å². The van der Waals surface area contributed by atoms with Crippen molar-refractivity contribution in [3.8, 4) is 0 Å². The van der Waals surface area contributed by atoms with Crippen molar-refractivity contribution in [2.75, 3.05) is 18.0 Å². The van der Waals surface area contributed by atoms with Crippen LogP contribution in [0.2, 0.25) is 0 Å². The van der Waals surface area contributed by atoms with Gasteiger partial charge in [0.2, 0.25) is 0 Å². The first-order valence-electron chi connectivity index (χ1n) is 7.52. The fourth-order valence-electron chi connectivity index (χ4n) is 2.36. The molecule has 0 spiro atoms. The van der Waals surface area contributed by atoms with E-state index in [0.717, 1.165) is 30.7 Å². The maximum Gasteiger partial charge on any atom is 0.0513 e. The molecule has 0 atom stereocenters. The van der Waals surface area contributed by atoms with Crippen LogP contribution >= 0.6 is 15.9 Å². The molecule has 0 aliphatic rings. The lowest BCUT2D eigenvalue weighted by atomic mass is 10.1. The third-order valence-electron chi connectivity index (χ3n) is 3.53. The highest BCUT2D eigenvalue weighted by Crippen LogP contribution is 2.28. The zero-order valence-corrected chi connectivity index (χ0v) is 14.4. The van der Waals surface area contributed by atoms with Crippen molar-refractivity contribution >= 4 is 21.6 Å². The summed E-state index contributed by atoms with van der Waals surface area (Å²) in [5.74, 6) is 0. The summed E-state index contributed by atoms with van der Waals surface area (Å²) >= 11 is 3.72. The van der Waals surface area contributed by atoms with Crippen LogP contribution in [0.5, 0.6) is 0 Å². The first-order chi connectivity index (χ1) is 10.2. The molecule has 1 N–H and O–H groups in total. The van der Waals surface area contributed by atoms with E-state index in [1.54, 1.807) is 0 Å². The lowest BCUT2D eigenvalue weighted by Crippen LogP contribution is -2.22. The third-order valence-corrected chi connectivity index (χ3v) is 4.17. The molecule has 2 rings (SSSR count). The summed E-state index contributed by atoms with van der Waals surface area (Å²) in [4.78, 5) is 2.39. The molecule has 0 heterocycles. The molecule has 0 fully saturated rings. The fraction of sp³-hybridized carbons (Fsp3) is 0.333. The van der Waals surface area contributed by atoms with Crippen LogP contribution in [0.4, 0.5) is 5.69 Å². The monoisotopic (exact) mass is 346 g/mol. The van der Waals surface area contributed by atoms with Gasteiger partial charge in [0.1, 0.15) is 0 Å². The van der Waals surface area contributed by atoms with Gasteiger partial charge in [-0.25, -0.2) is 0 Å². The maximum absolute atomic E-state index is 3.72. The number of anilines is 1. The minimum atomic E-state index is 0.917. The molecule has 0 radical (unpaired) electrons. The van der Waals surface area contributed by atoms with Gasteiger partial charge in [0.15, 0.2) is 0 Å². The summed E-state index contributed by atoms with van der Waals surface area (Å²) in [6, 6.07) is 17.2. The molecule has 0 aromatic heterocycles. The Morgan fingerprint density at radius 3 is 2.38 bits per heavy atom. The Morgan fingerprint density at radius 1 is 1.00 bits per heavy atom. The van der Waals surface area contributed by atoms with Gasteiger partial charge < -0.3 is 10.2 Å². The van der Waals surface area contributed by atoms with Crippen molar-refractivity contribution in [1.29, 1.82) is 0 Å². The molecule has 0 bridgehead atoms. The summed E-state index contributed by atoms with van der Waals surface area (Å²) in [7, 11) is 0. The predicted octanol–water partition coefficient (Wildman–Crippen LogP) is 4.59. The topological polar surface area (TPSA) is 15.3 Å². The zero-order valence-electron chi connectivity index (χ0n) is 12.8. The van der Waals surface area contributed by atoms with Crippen LogP contribution in [0.15, 0.2) is 53.0 Å². The van der Waals surface area contributed by atoms with Gasteiger partial charge in [-0.15, -0.1) is 0 Å². The second-order valence-electron chi connectivity index (χ2n) is 5.07. The summed E-state index contributed by atoms with van der Waals surface area (Å²) in [5.41, 5.74) is 3.90. The number of hydrogen-bond acceptors (Lipinski definition) is 2. The van der Waals surface area contributed by atoms with Gasteiger partial charge in [0, 0.05) is 24.1 Å². The van der Waals surface area contributed by atoms with Gasteiger partial charge in [-0.05, 0) is 52.7 Å². The number of benzene rings is 2. The number of halogens is 1. The van der Waals surface area contributed by atoms with Gasteiger partial charge in [0.05, 0.1) is 5.69 Å². The van der Waals surface area contributed by atoms with Crippen LogP contribution in [-0.4, -0.2) is 13.1 Å². The zero-order chi connectivity index (χ0) is 15.1. The lowest BCUT2D eigenvalue weighted by Gasteiger charge is -2.25. The van der Waals surface area contributed by atoms with Crippen LogP contribution in [0, 0.1) is 0 Å². The van der Waals surface area contributed by atoms with E-state index in [4.69, 9.17) is 0 Å². The van der Waals surface area contributed by atoms with Crippen LogP contribution in [0.3, 0.4) is 0 Å². The van der Waals surface area contributed by atoms with Gasteiger partial charge in [-0.3, -0.25) is 0 Å². The highest BCUT2D eigenvalue weighted by atomic mass is 79.9. The summed E-state index contributed by atoms with van der Waals surface area (Å²) in [5, 5.41) is 3.36. The Bertz CT molecular complexity index is 554. The molecule has 2 aromatic carbocycles. The minimum Gasteiger partial charge on any atom is -0.367 e. The molecule has 0 unspecified atom stereocenters. The third kappa shape index (κ3) is 4.58. The maximum atomic E-state index is 3.72. The van der Waals surface area contributed by atoms with Crippen molar-refractivity contribution in [2.24, 2.45) is 0 Å². The van der Waals surface area contributed by atoms with Crippen molar-refractivity contribution in [1.82, 2.24) is 5.32 Å². The molecule has 3 heteroatoms. The average molecular weight is 347 g/mol. The molecular weight excluding hydrogens is 324 g/mol. The smallest absolute Gasteiger partial charge is 0.0513 e. The number of hydrogen-bond donors (Lipinski definition) is 1. The number of nitrogens with zero attached hydrogens (tertiary/aromatic N) is 1. The standard InChI is InChI=1S/C18H23BrN2/c1-3-20-13-16-10-11-18(17(19)12-16)21(4-2)14-15-8-6-5-7-9-15/h5-12,20H,3-4,13-14H2,1-2H3. The van der Waals surface area contributed by atoms with Gasteiger partial charge in [-0.2, -0.15) is 0 Å². The van der Waals surface area contributed by atoms with E-state index in [1.165, 1.54) is 16.8 Å². The van der Waals surface area contributed by atoms with E-state index in [0.29, 0.717) is 0 Å². The summed E-state index contributed by atoms with van der Waals surface area (Å²) in [6.45, 7) is 8.15. The van der Waals surface area contributed by atoms with Crippen molar-refractivity contribution in [2.45, 2.75) is 26.9 Å². The second kappa shape index (κ2) is 8.20. The SMILES string of the molecule is CCNCc1ccc(N(CC)Cc2ccccc2)c(Br)c1. The Kier molecular flexibility index (Phi) is 6.27. The Labute approximate surface area is 136 Å². The average Bonchev–Trinajstić information content (AvgIpc) is 2.52. The number of nitrogens with one attached hydrogen (secondary N) is 1.